The molecule has 0 bridgehead atoms. The Balaban J connectivity index is 1.43. The summed E-state index contributed by atoms with van der Waals surface area (Å²) in [5, 5.41) is 3.04. The lowest BCUT2D eigenvalue weighted by molar-refractivity contribution is -0.136. The van der Waals surface area contributed by atoms with Gasteiger partial charge in [0, 0.05) is 25.6 Å². The average molecular weight is 357 g/mol. The first-order valence-electron chi connectivity index (χ1n) is 9.90. The zero-order valence-electron chi connectivity index (χ0n) is 16.0. The van der Waals surface area contributed by atoms with Crippen LogP contribution in [-0.2, 0) is 16.1 Å². The van der Waals surface area contributed by atoms with E-state index in [1.54, 1.807) is 0 Å². The van der Waals surface area contributed by atoms with Crippen LogP contribution in [0, 0.1) is 12.8 Å². The highest BCUT2D eigenvalue weighted by Crippen LogP contribution is 2.23. The van der Waals surface area contributed by atoms with Gasteiger partial charge in [-0.1, -0.05) is 29.8 Å². The van der Waals surface area contributed by atoms with Crippen LogP contribution >= 0.6 is 0 Å². The van der Waals surface area contributed by atoms with Crippen LogP contribution in [0.2, 0.25) is 0 Å². The summed E-state index contributed by atoms with van der Waals surface area (Å²) in [6.45, 7) is 8.09. The Labute approximate surface area is 156 Å². The highest BCUT2D eigenvalue weighted by molar-refractivity contribution is 5.81. The van der Waals surface area contributed by atoms with E-state index in [0.717, 1.165) is 57.4 Å². The fraction of sp³-hybridized carbons (Fsp3) is 0.619. The molecule has 2 fully saturated rings. The molecule has 5 heteroatoms. The molecule has 2 heterocycles. The average Bonchev–Trinajstić information content (AvgIpc) is 3.21. The van der Waals surface area contributed by atoms with Crippen molar-refractivity contribution in [2.24, 2.45) is 5.92 Å². The van der Waals surface area contributed by atoms with Gasteiger partial charge in [0.05, 0.1) is 6.04 Å². The van der Waals surface area contributed by atoms with Crippen LogP contribution in [0.1, 0.15) is 43.7 Å². The molecule has 142 valence electrons. The number of carbonyl (C=O) groups excluding carboxylic acids is 2. The van der Waals surface area contributed by atoms with Gasteiger partial charge in [0.25, 0.3) is 0 Å². The summed E-state index contributed by atoms with van der Waals surface area (Å²) in [5.74, 6) is 0.542. The summed E-state index contributed by atoms with van der Waals surface area (Å²) < 4.78 is 0. The smallest absolute Gasteiger partial charge is 0.237 e. The number of rotatable bonds is 5. The minimum absolute atomic E-state index is 0.0647. The lowest BCUT2D eigenvalue weighted by Gasteiger charge is -2.36. The van der Waals surface area contributed by atoms with Gasteiger partial charge in [-0.2, -0.15) is 0 Å². The van der Waals surface area contributed by atoms with Crippen LogP contribution in [0.4, 0.5) is 0 Å². The van der Waals surface area contributed by atoms with E-state index in [2.05, 4.69) is 41.4 Å². The molecular weight excluding hydrogens is 326 g/mol. The van der Waals surface area contributed by atoms with Gasteiger partial charge in [-0.15, -0.1) is 0 Å². The Hall–Kier alpha value is -1.88. The van der Waals surface area contributed by atoms with Gasteiger partial charge in [-0.3, -0.25) is 14.5 Å². The van der Waals surface area contributed by atoms with Crippen molar-refractivity contribution in [2.75, 3.05) is 26.2 Å². The van der Waals surface area contributed by atoms with Crippen molar-refractivity contribution in [1.29, 1.82) is 0 Å². The summed E-state index contributed by atoms with van der Waals surface area (Å²) in [4.78, 5) is 29.2. The number of aryl methyl sites for hydroxylation is 1. The minimum Gasteiger partial charge on any atom is -0.351 e. The molecule has 1 aromatic carbocycles. The van der Waals surface area contributed by atoms with Crippen LogP contribution in [0.3, 0.4) is 0 Å². The number of hydrogen-bond acceptors (Lipinski definition) is 3. The van der Waals surface area contributed by atoms with Gasteiger partial charge < -0.3 is 10.2 Å². The van der Waals surface area contributed by atoms with Crippen LogP contribution in [0.15, 0.2) is 24.3 Å². The summed E-state index contributed by atoms with van der Waals surface area (Å²) in [6, 6.07) is 8.08. The van der Waals surface area contributed by atoms with E-state index in [1.165, 1.54) is 5.56 Å². The van der Waals surface area contributed by atoms with E-state index in [9.17, 15) is 9.59 Å². The van der Waals surface area contributed by atoms with Crippen LogP contribution < -0.4 is 5.32 Å². The second-order valence-corrected chi connectivity index (χ2v) is 7.72. The monoisotopic (exact) mass is 357 g/mol. The summed E-state index contributed by atoms with van der Waals surface area (Å²) in [6.07, 6.45) is 4.02. The molecule has 0 aromatic heterocycles. The number of carbonyl (C=O) groups is 2. The van der Waals surface area contributed by atoms with Crippen molar-refractivity contribution in [2.45, 2.75) is 52.1 Å². The molecule has 3 rings (SSSR count). The Bertz CT molecular complexity index is 615. The third kappa shape index (κ3) is 4.64. The molecule has 0 saturated carbocycles. The third-order valence-electron chi connectivity index (χ3n) is 5.81. The molecule has 0 aliphatic carbocycles. The molecule has 2 aliphatic heterocycles. The standard InChI is InChI=1S/C21H31N3O2/c1-16-5-7-18(8-6-16)15-22-20(25)17(2)23-13-9-19(10-14-23)21(26)24-11-3-4-12-24/h5-8,17,19H,3-4,9-15H2,1-2H3,(H,22,25). The lowest BCUT2D eigenvalue weighted by Crippen LogP contribution is -2.49. The molecule has 1 atom stereocenters. The molecule has 2 saturated heterocycles. The summed E-state index contributed by atoms with van der Waals surface area (Å²) in [5.41, 5.74) is 2.34. The van der Waals surface area contributed by atoms with Gasteiger partial charge in [-0.25, -0.2) is 0 Å². The maximum Gasteiger partial charge on any atom is 0.237 e. The number of hydrogen-bond donors (Lipinski definition) is 1. The van der Waals surface area contributed by atoms with Gasteiger partial charge in [-0.05, 0) is 58.2 Å². The minimum atomic E-state index is -0.150. The topological polar surface area (TPSA) is 52.7 Å². The molecule has 1 unspecified atom stereocenters. The van der Waals surface area contributed by atoms with Crippen LogP contribution in [0.5, 0.6) is 0 Å². The molecule has 1 aromatic rings. The quantitative estimate of drug-likeness (QED) is 0.880. The SMILES string of the molecule is Cc1ccc(CNC(=O)C(C)N2CCC(C(=O)N3CCCC3)CC2)cc1. The summed E-state index contributed by atoms with van der Waals surface area (Å²) in [7, 11) is 0. The van der Waals surface area contributed by atoms with Crippen molar-refractivity contribution in [3.8, 4) is 0 Å². The molecule has 0 spiro atoms. The maximum atomic E-state index is 12.5. The first-order chi connectivity index (χ1) is 12.5. The van der Waals surface area contributed by atoms with Crippen molar-refractivity contribution >= 4 is 11.8 Å². The van der Waals surface area contributed by atoms with E-state index in [-0.39, 0.29) is 17.9 Å². The summed E-state index contributed by atoms with van der Waals surface area (Å²) >= 11 is 0. The fourth-order valence-corrected chi connectivity index (χ4v) is 3.94. The number of piperidine rings is 1. The first-order valence-corrected chi connectivity index (χ1v) is 9.90. The van der Waals surface area contributed by atoms with Gasteiger partial charge in [0.1, 0.15) is 0 Å². The Morgan fingerprint density at radius 1 is 1.08 bits per heavy atom. The molecule has 0 radical (unpaired) electrons. The fourth-order valence-electron chi connectivity index (χ4n) is 3.94. The normalized spacial score (nSPS) is 20.2. The van der Waals surface area contributed by atoms with E-state index >= 15 is 0 Å². The second-order valence-electron chi connectivity index (χ2n) is 7.72. The number of amides is 2. The molecule has 1 N–H and O–H groups in total. The molecule has 2 aliphatic rings. The lowest BCUT2D eigenvalue weighted by atomic mass is 9.94. The number of nitrogens with one attached hydrogen (secondary N) is 1. The van der Waals surface area contributed by atoms with Crippen LogP contribution in [0.25, 0.3) is 0 Å². The largest absolute Gasteiger partial charge is 0.351 e. The molecule has 26 heavy (non-hydrogen) atoms. The Morgan fingerprint density at radius 2 is 1.69 bits per heavy atom. The van der Waals surface area contributed by atoms with E-state index in [1.807, 2.05) is 11.8 Å². The van der Waals surface area contributed by atoms with E-state index in [4.69, 9.17) is 0 Å². The van der Waals surface area contributed by atoms with E-state index in [0.29, 0.717) is 12.5 Å². The number of nitrogens with zero attached hydrogens (tertiary/aromatic N) is 2. The highest BCUT2D eigenvalue weighted by Gasteiger charge is 2.32. The van der Waals surface area contributed by atoms with Crippen molar-refractivity contribution in [3.63, 3.8) is 0 Å². The Kier molecular flexibility index (Phi) is 6.30. The molecular formula is C21H31N3O2. The van der Waals surface area contributed by atoms with Crippen molar-refractivity contribution in [3.05, 3.63) is 35.4 Å². The van der Waals surface area contributed by atoms with Gasteiger partial charge in [0.2, 0.25) is 11.8 Å². The second kappa shape index (κ2) is 8.67. The zero-order valence-corrected chi connectivity index (χ0v) is 16.0. The Morgan fingerprint density at radius 3 is 2.31 bits per heavy atom. The van der Waals surface area contributed by atoms with Crippen molar-refractivity contribution < 1.29 is 9.59 Å². The molecule has 2 amide bonds. The van der Waals surface area contributed by atoms with Gasteiger partial charge >= 0.3 is 0 Å². The molecule has 5 nitrogen and oxygen atoms in total. The number of likely N-dealkylation sites (tertiary alicyclic amines) is 2. The van der Waals surface area contributed by atoms with E-state index < -0.39 is 0 Å². The van der Waals surface area contributed by atoms with Gasteiger partial charge in [0.15, 0.2) is 0 Å². The van der Waals surface area contributed by atoms with Crippen LogP contribution in [-0.4, -0.2) is 53.8 Å². The predicted octanol–water partition coefficient (Wildman–Crippen LogP) is 2.33. The third-order valence-corrected chi connectivity index (χ3v) is 5.81. The predicted molar refractivity (Wildman–Crippen MR) is 103 cm³/mol. The van der Waals surface area contributed by atoms with Crippen molar-refractivity contribution in [1.82, 2.24) is 15.1 Å². The first kappa shape index (κ1) is 18.9. The zero-order chi connectivity index (χ0) is 18.5. The highest BCUT2D eigenvalue weighted by atomic mass is 16.2. The maximum absolute atomic E-state index is 12.5. The number of benzene rings is 1.